The highest BCUT2D eigenvalue weighted by Gasteiger charge is 2.25. The molecule has 0 amide bonds. The SMILES string of the molecule is COCOc1cc(O)c2c(CC3CC3)c(F)ccc2c1. The summed E-state index contributed by atoms with van der Waals surface area (Å²) in [4.78, 5) is 0. The number of hydrogen-bond acceptors (Lipinski definition) is 3. The van der Waals surface area contributed by atoms with E-state index in [1.54, 1.807) is 12.1 Å². The fraction of sp³-hybridized carbons (Fsp3) is 0.375. The minimum atomic E-state index is -0.245. The predicted octanol–water partition coefficient (Wildman–Crippen LogP) is 3.62. The van der Waals surface area contributed by atoms with Crippen LogP contribution in [0.3, 0.4) is 0 Å². The Labute approximate surface area is 116 Å². The van der Waals surface area contributed by atoms with E-state index in [9.17, 15) is 9.50 Å². The second-order valence-electron chi connectivity index (χ2n) is 5.26. The van der Waals surface area contributed by atoms with Gasteiger partial charge in [0.2, 0.25) is 0 Å². The molecule has 0 saturated heterocycles. The van der Waals surface area contributed by atoms with Crippen LogP contribution in [0.25, 0.3) is 10.8 Å². The first-order chi connectivity index (χ1) is 9.69. The number of phenols is 1. The molecule has 0 aliphatic heterocycles. The molecule has 0 spiro atoms. The maximum absolute atomic E-state index is 14.0. The molecule has 1 aliphatic rings. The summed E-state index contributed by atoms with van der Waals surface area (Å²) in [5, 5.41) is 11.6. The molecule has 0 aromatic heterocycles. The minimum Gasteiger partial charge on any atom is -0.507 e. The van der Waals surface area contributed by atoms with Crippen LogP contribution in [0, 0.1) is 11.7 Å². The highest BCUT2D eigenvalue weighted by molar-refractivity contribution is 5.92. The number of hydrogen-bond donors (Lipinski definition) is 1. The van der Waals surface area contributed by atoms with E-state index in [-0.39, 0.29) is 18.4 Å². The lowest BCUT2D eigenvalue weighted by atomic mass is 9.98. The Bertz CT molecular complexity index is 635. The zero-order valence-corrected chi connectivity index (χ0v) is 11.4. The number of ether oxygens (including phenoxy) is 2. The number of methoxy groups -OCH3 is 1. The van der Waals surface area contributed by atoms with Gasteiger partial charge in [-0.2, -0.15) is 0 Å². The lowest BCUT2D eigenvalue weighted by molar-refractivity contribution is 0.0511. The Morgan fingerprint density at radius 1 is 1.30 bits per heavy atom. The van der Waals surface area contributed by atoms with Gasteiger partial charge in [0.25, 0.3) is 0 Å². The van der Waals surface area contributed by atoms with Crippen LogP contribution in [0.15, 0.2) is 24.3 Å². The average Bonchev–Trinajstić information content (AvgIpc) is 3.23. The molecule has 1 fully saturated rings. The third-order valence-corrected chi connectivity index (χ3v) is 3.65. The van der Waals surface area contributed by atoms with Gasteiger partial charge in [0, 0.05) is 18.6 Å². The van der Waals surface area contributed by atoms with Gasteiger partial charge in [-0.05, 0) is 48.3 Å². The molecule has 1 aliphatic carbocycles. The number of benzene rings is 2. The van der Waals surface area contributed by atoms with Gasteiger partial charge in [0.1, 0.15) is 17.3 Å². The number of halogens is 1. The molecule has 0 unspecified atom stereocenters. The van der Waals surface area contributed by atoms with Crippen molar-refractivity contribution in [2.24, 2.45) is 5.92 Å². The van der Waals surface area contributed by atoms with Crippen LogP contribution in [-0.4, -0.2) is 19.0 Å². The molecule has 20 heavy (non-hydrogen) atoms. The van der Waals surface area contributed by atoms with Gasteiger partial charge in [0.15, 0.2) is 6.79 Å². The summed E-state index contributed by atoms with van der Waals surface area (Å²) >= 11 is 0. The van der Waals surface area contributed by atoms with Crippen LogP contribution >= 0.6 is 0 Å². The van der Waals surface area contributed by atoms with Gasteiger partial charge < -0.3 is 14.6 Å². The highest BCUT2D eigenvalue weighted by atomic mass is 19.1. The maximum Gasteiger partial charge on any atom is 0.188 e. The Morgan fingerprint density at radius 2 is 2.10 bits per heavy atom. The fourth-order valence-electron chi connectivity index (χ4n) is 2.49. The van der Waals surface area contributed by atoms with Crippen molar-refractivity contribution in [2.45, 2.75) is 19.3 Å². The standard InChI is InChI=1S/C16H17FO3/c1-19-9-20-12-7-11-4-5-14(17)13(6-10-2-3-10)16(11)15(18)8-12/h4-5,7-8,10,18H,2-3,6,9H2,1H3. The molecular formula is C16H17FO3. The molecule has 2 aromatic rings. The van der Waals surface area contributed by atoms with E-state index in [0.717, 1.165) is 18.2 Å². The summed E-state index contributed by atoms with van der Waals surface area (Å²) in [5.41, 5.74) is 0.612. The van der Waals surface area contributed by atoms with E-state index < -0.39 is 0 Å². The molecule has 1 N–H and O–H groups in total. The zero-order valence-electron chi connectivity index (χ0n) is 11.4. The average molecular weight is 276 g/mol. The van der Waals surface area contributed by atoms with Gasteiger partial charge >= 0.3 is 0 Å². The van der Waals surface area contributed by atoms with Crippen LogP contribution in [0.5, 0.6) is 11.5 Å². The van der Waals surface area contributed by atoms with E-state index in [1.165, 1.54) is 19.2 Å². The molecule has 0 radical (unpaired) electrons. The normalized spacial score (nSPS) is 14.7. The van der Waals surface area contributed by atoms with Crippen LogP contribution in [0.4, 0.5) is 4.39 Å². The predicted molar refractivity (Wildman–Crippen MR) is 74.5 cm³/mol. The highest BCUT2D eigenvalue weighted by Crippen LogP contribution is 2.39. The van der Waals surface area contributed by atoms with E-state index >= 15 is 0 Å². The van der Waals surface area contributed by atoms with Gasteiger partial charge in [-0.1, -0.05) is 6.07 Å². The number of fused-ring (bicyclic) bond motifs is 1. The fourth-order valence-corrected chi connectivity index (χ4v) is 2.49. The van der Waals surface area contributed by atoms with Crippen molar-refractivity contribution in [1.82, 2.24) is 0 Å². The summed E-state index contributed by atoms with van der Waals surface area (Å²) in [6.45, 7) is 0.112. The second-order valence-corrected chi connectivity index (χ2v) is 5.26. The summed E-state index contributed by atoms with van der Waals surface area (Å²) in [5.74, 6) is 0.883. The largest absolute Gasteiger partial charge is 0.507 e. The monoisotopic (exact) mass is 276 g/mol. The van der Waals surface area contributed by atoms with Crippen LogP contribution in [0.2, 0.25) is 0 Å². The first-order valence-electron chi connectivity index (χ1n) is 6.75. The zero-order chi connectivity index (χ0) is 14.1. The number of aromatic hydroxyl groups is 1. The van der Waals surface area contributed by atoms with Crippen molar-refractivity contribution in [3.63, 3.8) is 0 Å². The lowest BCUT2D eigenvalue weighted by Crippen LogP contribution is -1.99. The van der Waals surface area contributed by atoms with Crippen LogP contribution < -0.4 is 4.74 Å². The molecule has 2 aromatic carbocycles. The first-order valence-corrected chi connectivity index (χ1v) is 6.75. The molecule has 0 heterocycles. The van der Waals surface area contributed by atoms with Crippen LogP contribution in [-0.2, 0) is 11.2 Å². The van der Waals surface area contributed by atoms with Crippen molar-refractivity contribution in [3.8, 4) is 11.5 Å². The quantitative estimate of drug-likeness (QED) is 0.848. The van der Waals surface area contributed by atoms with Gasteiger partial charge in [-0.25, -0.2) is 4.39 Å². The number of rotatable bonds is 5. The molecule has 4 heteroatoms. The van der Waals surface area contributed by atoms with E-state index in [4.69, 9.17) is 9.47 Å². The first kappa shape index (κ1) is 13.2. The minimum absolute atomic E-state index is 0.0590. The molecular weight excluding hydrogens is 259 g/mol. The van der Waals surface area contributed by atoms with Crippen molar-refractivity contribution in [2.75, 3.05) is 13.9 Å². The molecule has 106 valence electrons. The summed E-state index contributed by atoms with van der Waals surface area (Å²) in [6.07, 6.45) is 2.98. The summed E-state index contributed by atoms with van der Waals surface area (Å²) < 4.78 is 24.2. The Balaban J connectivity index is 2.06. The molecule has 0 atom stereocenters. The van der Waals surface area contributed by atoms with Crippen LogP contribution in [0.1, 0.15) is 18.4 Å². The molecule has 1 saturated carbocycles. The Hall–Kier alpha value is -1.81. The third-order valence-electron chi connectivity index (χ3n) is 3.65. The molecule has 0 bridgehead atoms. The maximum atomic E-state index is 14.0. The number of phenolic OH excluding ortho intramolecular Hbond substituents is 1. The smallest absolute Gasteiger partial charge is 0.188 e. The Kier molecular flexibility index (Phi) is 3.49. The van der Waals surface area contributed by atoms with Gasteiger partial charge in [-0.15, -0.1) is 0 Å². The summed E-state index contributed by atoms with van der Waals surface area (Å²) in [6, 6.07) is 6.43. The van der Waals surface area contributed by atoms with Crippen molar-refractivity contribution < 1.29 is 19.0 Å². The van der Waals surface area contributed by atoms with E-state index in [1.807, 2.05) is 0 Å². The van der Waals surface area contributed by atoms with Crippen molar-refractivity contribution in [3.05, 3.63) is 35.6 Å². The van der Waals surface area contributed by atoms with Crippen molar-refractivity contribution >= 4 is 10.8 Å². The topological polar surface area (TPSA) is 38.7 Å². The lowest BCUT2D eigenvalue weighted by Gasteiger charge is -2.12. The summed E-state index contributed by atoms with van der Waals surface area (Å²) in [7, 11) is 1.53. The van der Waals surface area contributed by atoms with Gasteiger partial charge in [-0.3, -0.25) is 0 Å². The molecule has 3 nitrogen and oxygen atoms in total. The second kappa shape index (κ2) is 5.29. The van der Waals surface area contributed by atoms with Crippen molar-refractivity contribution in [1.29, 1.82) is 0 Å². The van der Waals surface area contributed by atoms with Gasteiger partial charge in [0.05, 0.1) is 0 Å². The third kappa shape index (κ3) is 2.56. The Morgan fingerprint density at radius 3 is 2.80 bits per heavy atom. The van der Waals surface area contributed by atoms with E-state index in [0.29, 0.717) is 29.0 Å². The van der Waals surface area contributed by atoms with E-state index in [2.05, 4.69) is 0 Å². The molecule has 3 rings (SSSR count).